The maximum atomic E-state index is 6.11. The molecule has 1 aromatic heterocycles. The van der Waals surface area contributed by atoms with Gasteiger partial charge in [-0.3, -0.25) is 4.68 Å². The lowest BCUT2D eigenvalue weighted by Gasteiger charge is -2.16. The van der Waals surface area contributed by atoms with Crippen LogP contribution in [0.3, 0.4) is 0 Å². The second kappa shape index (κ2) is 11.8. The minimum atomic E-state index is 0. The molecule has 0 aliphatic heterocycles. The Labute approximate surface area is 189 Å². The molecule has 0 radical (unpaired) electrons. The first-order valence-electron chi connectivity index (χ1n) is 9.88. The molecule has 1 aromatic carbocycles. The number of halogens is 1. The summed E-state index contributed by atoms with van der Waals surface area (Å²) in [6, 6.07) is 6.03. The zero-order valence-electron chi connectivity index (χ0n) is 17.4. The normalized spacial score (nSPS) is 14.4. The van der Waals surface area contributed by atoms with E-state index in [-0.39, 0.29) is 24.0 Å². The predicted molar refractivity (Wildman–Crippen MR) is 124 cm³/mol. The Morgan fingerprint density at radius 1 is 1.24 bits per heavy atom. The maximum Gasteiger partial charge on any atom is 0.191 e. The molecule has 1 fully saturated rings. The first kappa shape index (κ1) is 23.2. The summed E-state index contributed by atoms with van der Waals surface area (Å²) in [6.07, 6.45) is 6.59. The van der Waals surface area contributed by atoms with Crippen LogP contribution in [0.4, 0.5) is 0 Å². The molecule has 0 amide bonds. The quantitative estimate of drug-likeness (QED) is 0.320. The Morgan fingerprint density at radius 2 is 2.03 bits per heavy atom. The third kappa shape index (κ3) is 6.76. The molecule has 0 spiro atoms. The lowest BCUT2D eigenvalue weighted by Crippen LogP contribution is -2.37. The SMILES string of the molecule is CCNC(=NCc1ccc(OC2CCCC2)c(OC)c1)NCc1ncnn1C.I. The van der Waals surface area contributed by atoms with Crippen LogP contribution in [-0.2, 0) is 20.1 Å². The van der Waals surface area contributed by atoms with Gasteiger partial charge in [0, 0.05) is 13.6 Å². The highest BCUT2D eigenvalue weighted by molar-refractivity contribution is 14.0. The molecule has 3 rings (SSSR count). The number of hydrogen-bond acceptors (Lipinski definition) is 5. The summed E-state index contributed by atoms with van der Waals surface area (Å²) in [6.45, 7) is 3.91. The monoisotopic (exact) mass is 514 g/mol. The lowest BCUT2D eigenvalue weighted by atomic mass is 10.2. The number of guanidine groups is 1. The summed E-state index contributed by atoms with van der Waals surface area (Å²) >= 11 is 0. The van der Waals surface area contributed by atoms with Gasteiger partial charge in [-0.1, -0.05) is 6.07 Å². The number of aryl methyl sites for hydroxylation is 1. The van der Waals surface area contributed by atoms with E-state index < -0.39 is 0 Å². The minimum Gasteiger partial charge on any atom is -0.493 e. The van der Waals surface area contributed by atoms with Gasteiger partial charge in [0.2, 0.25) is 0 Å². The third-order valence-corrected chi connectivity index (χ3v) is 4.81. The average molecular weight is 514 g/mol. The smallest absolute Gasteiger partial charge is 0.191 e. The fraction of sp³-hybridized carbons (Fsp3) is 0.550. The van der Waals surface area contributed by atoms with Crippen molar-refractivity contribution >= 4 is 29.9 Å². The Balaban J connectivity index is 0.00000300. The highest BCUT2D eigenvalue weighted by atomic mass is 127. The van der Waals surface area contributed by atoms with Crippen molar-refractivity contribution in [3.63, 3.8) is 0 Å². The van der Waals surface area contributed by atoms with Crippen LogP contribution in [0.1, 0.15) is 44.0 Å². The summed E-state index contributed by atoms with van der Waals surface area (Å²) in [5.41, 5.74) is 1.06. The number of rotatable bonds is 8. The third-order valence-electron chi connectivity index (χ3n) is 4.81. The molecule has 29 heavy (non-hydrogen) atoms. The fourth-order valence-corrected chi connectivity index (χ4v) is 3.25. The molecule has 160 valence electrons. The Hall–Kier alpha value is -2.04. The molecule has 0 bridgehead atoms. The van der Waals surface area contributed by atoms with E-state index in [4.69, 9.17) is 9.47 Å². The van der Waals surface area contributed by atoms with Gasteiger partial charge in [0.15, 0.2) is 17.5 Å². The number of benzene rings is 1. The first-order chi connectivity index (χ1) is 13.7. The van der Waals surface area contributed by atoms with Crippen molar-refractivity contribution in [2.75, 3.05) is 13.7 Å². The summed E-state index contributed by atoms with van der Waals surface area (Å²) in [4.78, 5) is 8.88. The average Bonchev–Trinajstić information content (AvgIpc) is 3.36. The first-order valence-corrected chi connectivity index (χ1v) is 9.88. The molecule has 0 unspecified atom stereocenters. The molecule has 9 heteroatoms. The topological polar surface area (TPSA) is 85.6 Å². The Kier molecular flexibility index (Phi) is 9.49. The van der Waals surface area contributed by atoms with Crippen molar-refractivity contribution in [3.8, 4) is 11.5 Å². The van der Waals surface area contributed by atoms with Crippen LogP contribution in [0.2, 0.25) is 0 Å². The van der Waals surface area contributed by atoms with Crippen LogP contribution in [0.25, 0.3) is 0 Å². The number of ether oxygens (including phenoxy) is 2. The van der Waals surface area contributed by atoms with Crippen molar-refractivity contribution in [3.05, 3.63) is 35.9 Å². The highest BCUT2D eigenvalue weighted by Gasteiger charge is 2.18. The van der Waals surface area contributed by atoms with Gasteiger partial charge in [0.1, 0.15) is 12.2 Å². The van der Waals surface area contributed by atoms with E-state index in [1.807, 2.05) is 32.2 Å². The maximum absolute atomic E-state index is 6.11. The van der Waals surface area contributed by atoms with E-state index >= 15 is 0 Å². The molecular weight excluding hydrogens is 483 g/mol. The van der Waals surface area contributed by atoms with Crippen LogP contribution in [-0.4, -0.2) is 40.5 Å². The highest BCUT2D eigenvalue weighted by Crippen LogP contribution is 2.32. The predicted octanol–water partition coefficient (Wildman–Crippen LogP) is 3.02. The standard InChI is InChI=1S/C20H30N6O2.HI/c1-4-21-20(23-13-19-24-14-25-26(19)2)22-12-15-9-10-17(18(11-15)27-3)28-16-7-5-6-8-16;/h9-11,14,16H,4-8,12-13H2,1-3H3,(H2,21,22,23);1H. The Bertz CT molecular complexity index is 789. The fourth-order valence-electron chi connectivity index (χ4n) is 3.25. The van der Waals surface area contributed by atoms with E-state index in [1.54, 1.807) is 18.1 Å². The van der Waals surface area contributed by atoms with E-state index in [2.05, 4.69) is 25.7 Å². The minimum absolute atomic E-state index is 0. The largest absolute Gasteiger partial charge is 0.493 e. The van der Waals surface area contributed by atoms with Gasteiger partial charge in [-0.2, -0.15) is 5.10 Å². The van der Waals surface area contributed by atoms with Gasteiger partial charge >= 0.3 is 0 Å². The van der Waals surface area contributed by atoms with Crippen LogP contribution in [0.15, 0.2) is 29.5 Å². The van der Waals surface area contributed by atoms with Crippen molar-refractivity contribution in [1.29, 1.82) is 0 Å². The van der Waals surface area contributed by atoms with Crippen molar-refractivity contribution in [2.45, 2.75) is 51.8 Å². The summed E-state index contributed by atoms with van der Waals surface area (Å²) < 4.78 is 13.4. The number of methoxy groups -OCH3 is 1. The molecular formula is C20H31IN6O2. The molecule has 1 aliphatic rings. The zero-order chi connectivity index (χ0) is 19.8. The summed E-state index contributed by atoms with van der Waals surface area (Å²) in [5.74, 6) is 3.16. The molecule has 0 saturated heterocycles. The van der Waals surface area contributed by atoms with Gasteiger partial charge in [-0.15, -0.1) is 24.0 Å². The summed E-state index contributed by atoms with van der Waals surface area (Å²) in [5, 5.41) is 10.6. The van der Waals surface area contributed by atoms with Crippen molar-refractivity contribution in [1.82, 2.24) is 25.4 Å². The molecule has 2 aromatic rings. The molecule has 1 aliphatic carbocycles. The van der Waals surface area contributed by atoms with E-state index in [0.29, 0.717) is 19.2 Å². The van der Waals surface area contributed by atoms with Crippen molar-refractivity contribution in [2.24, 2.45) is 12.0 Å². The molecule has 8 nitrogen and oxygen atoms in total. The number of aliphatic imine (C=N–C) groups is 1. The molecule has 1 saturated carbocycles. The van der Waals surface area contributed by atoms with Gasteiger partial charge in [-0.25, -0.2) is 9.98 Å². The van der Waals surface area contributed by atoms with Gasteiger partial charge in [-0.05, 0) is 50.3 Å². The second-order valence-corrected chi connectivity index (χ2v) is 6.86. The van der Waals surface area contributed by atoms with Crippen LogP contribution in [0, 0.1) is 0 Å². The zero-order valence-corrected chi connectivity index (χ0v) is 19.7. The van der Waals surface area contributed by atoms with Gasteiger partial charge < -0.3 is 20.1 Å². The number of aromatic nitrogens is 3. The van der Waals surface area contributed by atoms with E-state index in [9.17, 15) is 0 Å². The van der Waals surface area contributed by atoms with Gasteiger partial charge in [0.25, 0.3) is 0 Å². The van der Waals surface area contributed by atoms with Crippen LogP contribution >= 0.6 is 24.0 Å². The lowest BCUT2D eigenvalue weighted by molar-refractivity contribution is 0.200. The van der Waals surface area contributed by atoms with Crippen LogP contribution in [0.5, 0.6) is 11.5 Å². The Morgan fingerprint density at radius 3 is 2.69 bits per heavy atom. The van der Waals surface area contributed by atoms with Crippen LogP contribution < -0.4 is 20.1 Å². The number of hydrogen-bond donors (Lipinski definition) is 2. The number of nitrogens with one attached hydrogen (secondary N) is 2. The molecule has 1 heterocycles. The summed E-state index contributed by atoms with van der Waals surface area (Å²) in [7, 11) is 3.55. The number of nitrogens with zero attached hydrogens (tertiary/aromatic N) is 4. The second-order valence-electron chi connectivity index (χ2n) is 6.86. The van der Waals surface area contributed by atoms with E-state index in [0.717, 1.165) is 48.2 Å². The molecule has 2 N–H and O–H groups in total. The molecule has 0 atom stereocenters. The van der Waals surface area contributed by atoms with Gasteiger partial charge in [0.05, 0.1) is 26.3 Å². The van der Waals surface area contributed by atoms with Crippen molar-refractivity contribution < 1.29 is 9.47 Å². The van der Waals surface area contributed by atoms with E-state index in [1.165, 1.54) is 12.8 Å².